The summed E-state index contributed by atoms with van der Waals surface area (Å²) in [7, 11) is 3.11. The standard InChI is InChI=1S/C22H23N3O3/c1-14-5-6-15(2)18(11-14)24-17-9-10-23-19(12-17)22(26)25-16-7-8-20(27-3)21(13-16)28-4/h5-13H,1-4H3,(H,23,24)(H,25,26). The van der Waals surface area contributed by atoms with Crippen LogP contribution in [0.15, 0.2) is 54.7 Å². The van der Waals surface area contributed by atoms with E-state index in [0.717, 1.165) is 22.5 Å². The lowest BCUT2D eigenvalue weighted by atomic mass is 10.1. The van der Waals surface area contributed by atoms with Crippen molar-refractivity contribution in [3.05, 3.63) is 71.5 Å². The first kappa shape index (κ1) is 19.2. The van der Waals surface area contributed by atoms with Gasteiger partial charge in [0.05, 0.1) is 14.2 Å². The molecule has 6 nitrogen and oxygen atoms in total. The smallest absolute Gasteiger partial charge is 0.274 e. The van der Waals surface area contributed by atoms with Gasteiger partial charge in [-0.1, -0.05) is 12.1 Å². The Morgan fingerprint density at radius 3 is 2.43 bits per heavy atom. The maximum atomic E-state index is 12.6. The molecule has 6 heteroatoms. The van der Waals surface area contributed by atoms with Gasteiger partial charge < -0.3 is 20.1 Å². The fraction of sp³-hybridized carbons (Fsp3) is 0.182. The van der Waals surface area contributed by atoms with Gasteiger partial charge in [0.25, 0.3) is 5.91 Å². The van der Waals surface area contributed by atoms with Crippen molar-refractivity contribution in [1.29, 1.82) is 0 Å². The van der Waals surface area contributed by atoms with E-state index in [1.165, 1.54) is 0 Å². The number of hydrogen-bond donors (Lipinski definition) is 2. The van der Waals surface area contributed by atoms with Gasteiger partial charge in [-0.2, -0.15) is 0 Å². The maximum absolute atomic E-state index is 12.6. The average molecular weight is 377 g/mol. The first-order valence-electron chi connectivity index (χ1n) is 8.84. The number of methoxy groups -OCH3 is 2. The highest BCUT2D eigenvalue weighted by Gasteiger charge is 2.11. The summed E-state index contributed by atoms with van der Waals surface area (Å²) >= 11 is 0. The number of aryl methyl sites for hydroxylation is 2. The molecule has 0 aliphatic carbocycles. The molecule has 0 unspecified atom stereocenters. The van der Waals surface area contributed by atoms with E-state index in [1.807, 2.05) is 19.9 Å². The number of carbonyl (C=O) groups is 1. The van der Waals surface area contributed by atoms with Crippen LogP contribution in [0.1, 0.15) is 21.6 Å². The number of hydrogen-bond acceptors (Lipinski definition) is 5. The number of carbonyl (C=O) groups excluding carboxylic acids is 1. The van der Waals surface area contributed by atoms with E-state index >= 15 is 0 Å². The molecular formula is C22H23N3O3. The van der Waals surface area contributed by atoms with Crippen molar-refractivity contribution >= 4 is 23.0 Å². The molecule has 2 aromatic carbocycles. The van der Waals surface area contributed by atoms with Crippen molar-refractivity contribution in [2.24, 2.45) is 0 Å². The second kappa shape index (κ2) is 8.43. The van der Waals surface area contributed by atoms with Crippen molar-refractivity contribution in [3.8, 4) is 11.5 Å². The molecule has 0 aliphatic heterocycles. The zero-order valence-electron chi connectivity index (χ0n) is 16.4. The van der Waals surface area contributed by atoms with Gasteiger partial charge in [-0.25, -0.2) is 0 Å². The third-order valence-corrected chi connectivity index (χ3v) is 4.31. The monoisotopic (exact) mass is 377 g/mol. The van der Waals surface area contributed by atoms with Crippen LogP contribution in [0.25, 0.3) is 0 Å². The Balaban J connectivity index is 1.78. The van der Waals surface area contributed by atoms with E-state index in [4.69, 9.17) is 9.47 Å². The second-order valence-electron chi connectivity index (χ2n) is 6.40. The number of aromatic nitrogens is 1. The molecule has 0 atom stereocenters. The highest BCUT2D eigenvalue weighted by Crippen LogP contribution is 2.30. The highest BCUT2D eigenvalue weighted by molar-refractivity contribution is 6.03. The number of ether oxygens (including phenoxy) is 2. The van der Waals surface area contributed by atoms with Crippen LogP contribution in [0.4, 0.5) is 17.1 Å². The fourth-order valence-electron chi connectivity index (χ4n) is 2.77. The third-order valence-electron chi connectivity index (χ3n) is 4.31. The lowest BCUT2D eigenvalue weighted by Crippen LogP contribution is -2.14. The first-order chi connectivity index (χ1) is 13.5. The Labute approximate surface area is 164 Å². The minimum Gasteiger partial charge on any atom is -0.493 e. The van der Waals surface area contributed by atoms with Gasteiger partial charge in [-0.15, -0.1) is 0 Å². The Morgan fingerprint density at radius 2 is 1.68 bits per heavy atom. The minimum absolute atomic E-state index is 0.308. The molecular weight excluding hydrogens is 354 g/mol. The zero-order chi connectivity index (χ0) is 20.1. The number of amides is 1. The molecule has 0 radical (unpaired) electrons. The van der Waals surface area contributed by atoms with Crippen LogP contribution in [-0.2, 0) is 0 Å². The first-order valence-corrected chi connectivity index (χ1v) is 8.84. The van der Waals surface area contributed by atoms with Gasteiger partial charge >= 0.3 is 0 Å². The molecule has 1 heterocycles. The predicted octanol–water partition coefficient (Wildman–Crippen LogP) is 4.71. The molecule has 3 rings (SSSR count). The number of nitrogens with one attached hydrogen (secondary N) is 2. The van der Waals surface area contributed by atoms with Crippen molar-refractivity contribution in [1.82, 2.24) is 4.98 Å². The van der Waals surface area contributed by atoms with Gasteiger partial charge in [0, 0.05) is 29.3 Å². The summed E-state index contributed by atoms with van der Waals surface area (Å²) in [6, 6.07) is 14.9. The molecule has 2 N–H and O–H groups in total. The lowest BCUT2D eigenvalue weighted by Gasteiger charge is -2.12. The largest absolute Gasteiger partial charge is 0.493 e. The Bertz CT molecular complexity index is 1000. The van der Waals surface area contributed by atoms with E-state index in [1.54, 1.807) is 44.7 Å². The van der Waals surface area contributed by atoms with E-state index in [0.29, 0.717) is 22.9 Å². The molecule has 3 aromatic rings. The zero-order valence-corrected chi connectivity index (χ0v) is 16.4. The Hall–Kier alpha value is -3.54. The molecule has 0 spiro atoms. The summed E-state index contributed by atoms with van der Waals surface area (Å²) in [5, 5.41) is 6.18. The summed E-state index contributed by atoms with van der Waals surface area (Å²) in [5.74, 6) is 0.828. The van der Waals surface area contributed by atoms with E-state index in [-0.39, 0.29) is 5.91 Å². The maximum Gasteiger partial charge on any atom is 0.274 e. The molecule has 1 aromatic heterocycles. The summed E-state index contributed by atoms with van der Waals surface area (Å²) in [6.45, 7) is 4.08. The Kier molecular flexibility index (Phi) is 5.79. The molecule has 0 saturated heterocycles. The van der Waals surface area contributed by atoms with Gasteiger partial charge in [0.2, 0.25) is 0 Å². The number of nitrogens with zero attached hydrogens (tertiary/aromatic N) is 1. The van der Waals surface area contributed by atoms with Crippen LogP contribution >= 0.6 is 0 Å². The van der Waals surface area contributed by atoms with Crippen molar-refractivity contribution in [2.75, 3.05) is 24.9 Å². The minimum atomic E-state index is -0.308. The molecule has 28 heavy (non-hydrogen) atoms. The lowest BCUT2D eigenvalue weighted by molar-refractivity contribution is 0.102. The number of pyridine rings is 1. The van der Waals surface area contributed by atoms with E-state index < -0.39 is 0 Å². The molecule has 144 valence electrons. The number of benzene rings is 2. The summed E-state index contributed by atoms with van der Waals surface area (Å²) in [5.41, 5.74) is 4.98. The van der Waals surface area contributed by atoms with Crippen LogP contribution in [0, 0.1) is 13.8 Å². The molecule has 0 aliphatic rings. The van der Waals surface area contributed by atoms with Crippen LogP contribution in [0.3, 0.4) is 0 Å². The molecule has 0 bridgehead atoms. The number of anilines is 3. The summed E-state index contributed by atoms with van der Waals surface area (Å²) in [4.78, 5) is 16.8. The topological polar surface area (TPSA) is 72.5 Å². The normalized spacial score (nSPS) is 10.3. The van der Waals surface area contributed by atoms with Crippen molar-refractivity contribution in [2.45, 2.75) is 13.8 Å². The van der Waals surface area contributed by atoms with Crippen LogP contribution in [0.2, 0.25) is 0 Å². The second-order valence-corrected chi connectivity index (χ2v) is 6.40. The van der Waals surface area contributed by atoms with E-state index in [2.05, 4.69) is 33.8 Å². The predicted molar refractivity (Wildman–Crippen MR) is 111 cm³/mol. The quantitative estimate of drug-likeness (QED) is 0.651. The van der Waals surface area contributed by atoms with Gasteiger partial charge in [-0.3, -0.25) is 9.78 Å². The highest BCUT2D eigenvalue weighted by atomic mass is 16.5. The van der Waals surface area contributed by atoms with Crippen LogP contribution < -0.4 is 20.1 Å². The number of rotatable bonds is 6. The molecule has 0 fully saturated rings. The van der Waals surface area contributed by atoms with Crippen molar-refractivity contribution < 1.29 is 14.3 Å². The third kappa shape index (κ3) is 4.40. The van der Waals surface area contributed by atoms with E-state index in [9.17, 15) is 4.79 Å². The van der Waals surface area contributed by atoms with Crippen LogP contribution in [-0.4, -0.2) is 25.1 Å². The summed E-state index contributed by atoms with van der Waals surface area (Å²) < 4.78 is 10.5. The van der Waals surface area contributed by atoms with Crippen LogP contribution in [0.5, 0.6) is 11.5 Å². The SMILES string of the molecule is COc1ccc(NC(=O)c2cc(Nc3cc(C)ccc3C)ccn2)cc1OC. The van der Waals surface area contributed by atoms with Gasteiger partial charge in [-0.05, 0) is 55.3 Å². The molecule has 0 saturated carbocycles. The van der Waals surface area contributed by atoms with Crippen molar-refractivity contribution in [3.63, 3.8) is 0 Å². The Morgan fingerprint density at radius 1 is 0.893 bits per heavy atom. The molecule has 1 amide bonds. The average Bonchev–Trinajstić information content (AvgIpc) is 2.70. The summed E-state index contributed by atoms with van der Waals surface area (Å²) in [6.07, 6.45) is 1.61. The fourth-order valence-corrected chi connectivity index (χ4v) is 2.77. The van der Waals surface area contributed by atoms with Gasteiger partial charge in [0.1, 0.15) is 5.69 Å². The van der Waals surface area contributed by atoms with Gasteiger partial charge in [0.15, 0.2) is 11.5 Å².